The van der Waals surface area contributed by atoms with E-state index in [0.717, 1.165) is 11.3 Å². The van der Waals surface area contributed by atoms with Crippen LogP contribution in [0.15, 0.2) is 47.3 Å². The SMILES string of the molecule is C#CCN(Cc1ccc2nc(CCl)[nH]c(=O)c2c1)c1ccc(C(=O)N[C@H](CCC(=O)OCC)C(=O)OCC)cc1. The zero-order valence-electron chi connectivity index (χ0n) is 22.4. The van der Waals surface area contributed by atoms with Crippen molar-refractivity contribution in [2.45, 2.75) is 45.2 Å². The number of hydrogen-bond donors (Lipinski definition) is 2. The molecule has 0 saturated carbocycles. The first-order chi connectivity index (χ1) is 19.3. The Hall–Kier alpha value is -4.36. The number of carbonyl (C=O) groups excluding carboxylic acids is 3. The van der Waals surface area contributed by atoms with E-state index in [0.29, 0.717) is 28.8 Å². The number of nitrogens with zero attached hydrogens (tertiary/aromatic N) is 2. The predicted molar refractivity (Wildman–Crippen MR) is 152 cm³/mol. The number of ether oxygens (including phenoxy) is 2. The first kappa shape index (κ1) is 30.2. The third-order valence-electron chi connectivity index (χ3n) is 5.91. The molecule has 1 atom stereocenters. The molecular weight excluding hydrogens is 536 g/mol. The van der Waals surface area contributed by atoms with Crippen LogP contribution in [0, 0.1) is 12.3 Å². The van der Waals surface area contributed by atoms with Crippen molar-refractivity contribution in [2.75, 3.05) is 24.7 Å². The highest BCUT2D eigenvalue weighted by Crippen LogP contribution is 2.20. The number of aromatic amines is 1. The monoisotopic (exact) mass is 566 g/mol. The molecule has 0 radical (unpaired) electrons. The van der Waals surface area contributed by atoms with Crippen LogP contribution in [-0.4, -0.2) is 53.6 Å². The van der Waals surface area contributed by atoms with Crippen molar-refractivity contribution < 1.29 is 23.9 Å². The number of alkyl halides is 1. The number of aromatic nitrogens is 2. The first-order valence-electron chi connectivity index (χ1n) is 12.8. The number of carbonyl (C=O) groups is 3. The maximum atomic E-state index is 12.9. The number of benzene rings is 2. The predicted octanol–water partition coefficient (Wildman–Crippen LogP) is 3.31. The van der Waals surface area contributed by atoms with Gasteiger partial charge in [0, 0.05) is 24.2 Å². The first-order valence-corrected chi connectivity index (χ1v) is 13.3. The molecule has 0 aliphatic carbocycles. The quantitative estimate of drug-likeness (QED) is 0.183. The minimum Gasteiger partial charge on any atom is -0.466 e. The largest absolute Gasteiger partial charge is 0.466 e. The lowest BCUT2D eigenvalue weighted by Gasteiger charge is -2.23. The van der Waals surface area contributed by atoms with E-state index in [1.165, 1.54) is 0 Å². The van der Waals surface area contributed by atoms with E-state index in [1.807, 2.05) is 11.0 Å². The summed E-state index contributed by atoms with van der Waals surface area (Å²) in [6.45, 7) is 4.40. The van der Waals surface area contributed by atoms with Gasteiger partial charge in [0.2, 0.25) is 0 Å². The van der Waals surface area contributed by atoms with Crippen LogP contribution in [0.25, 0.3) is 10.9 Å². The Morgan fingerprint density at radius 2 is 1.85 bits per heavy atom. The molecule has 0 saturated heterocycles. The van der Waals surface area contributed by atoms with Gasteiger partial charge >= 0.3 is 11.9 Å². The summed E-state index contributed by atoms with van der Waals surface area (Å²) in [7, 11) is 0. The number of esters is 2. The van der Waals surface area contributed by atoms with Crippen molar-refractivity contribution in [3.8, 4) is 12.3 Å². The van der Waals surface area contributed by atoms with Crippen molar-refractivity contribution in [3.05, 3.63) is 69.8 Å². The lowest BCUT2D eigenvalue weighted by atomic mass is 10.1. The Labute approximate surface area is 237 Å². The average Bonchev–Trinajstić information content (AvgIpc) is 2.95. The molecule has 2 N–H and O–H groups in total. The minimum absolute atomic E-state index is 0.0395. The molecule has 1 amide bonds. The third kappa shape index (κ3) is 8.07. The molecule has 11 heteroatoms. The summed E-state index contributed by atoms with van der Waals surface area (Å²) in [5.41, 5.74) is 2.18. The van der Waals surface area contributed by atoms with Crippen molar-refractivity contribution in [1.29, 1.82) is 0 Å². The van der Waals surface area contributed by atoms with Gasteiger partial charge in [-0.05, 0) is 62.2 Å². The fraction of sp³-hybridized carbons (Fsp3) is 0.345. The van der Waals surface area contributed by atoms with E-state index in [4.69, 9.17) is 27.5 Å². The number of halogens is 1. The molecule has 2 aromatic carbocycles. The summed E-state index contributed by atoms with van der Waals surface area (Å²) < 4.78 is 9.96. The number of H-pyrrole nitrogens is 1. The second kappa shape index (κ2) is 14.7. The molecule has 0 bridgehead atoms. The van der Waals surface area contributed by atoms with Gasteiger partial charge in [0.05, 0.1) is 36.5 Å². The molecule has 210 valence electrons. The highest BCUT2D eigenvalue weighted by atomic mass is 35.5. The van der Waals surface area contributed by atoms with Gasteiger partial charge in [0.1, 0.15) is 11.9 Å². The number of nitrogens with one attached hydrogen (secondary N) is 2. The van der Waals surface area contributed by atoms with E-state index in [-0.39, 0.29) is 44.0 Å². The number of amides is 1. The van der Waals surface area contributed by atoms with Gasteiger partial charge in [-0.15, -0.1) is 18.0 Å². The molecule has 0 spiro atoms. The summed E-state index contributed by atoms with van der Waals surface area (Å²) in [6, 6.07) is 11.1. The fourth-order valence-electron chi connectivity index (χ4n) is 4.02. The van der Waals surface area contributed by atoms with Crippen molar-refractivity contribution in [3.63, 3.8) is 0 Å². The Bertz CT molecular complexity index is 1450. The molecular formula is C29H31ClN4O6. The maximum Gasteiger partial charge on any atom is 0.328 e. The zero-order valence-corrected chi connectivity index (χ0v) is 23.1. The Morgan fingerprint density at radius 1 is 1.12 bits per heavy atom. The van der Waals surface area contributed by atoms with Gasteiger partial charge in [-0.1, -0.05) is 12.0 Å². The minimum atomic E-state index is -1.000. The molecule has 0 aliphatic rings. The molecule has 0 aliphatic heterocycles. The standard InChI is InChI=1S/C29H31ClN4O6/c1-4-15-34(18-19-7-12-23-22(16-19)28(37)33-25(17-30)31-23)21-10-8-20(9-11-21)27(36)32-24(29(38)40-6-3)13-14-26(35)39-5-2/h1,7-12,16,24H,5-6,13-15,17-18H2,2-3H3,(H,32,36)(H,31,33,37)/t24-/m1/s1. The number of terminal acetylenes is 1. The van der Waals surface area contributed by atoms with E-state index >= 15 is 0 Å². The number of anilines is 1. The Morgan fingerprint density at radius 3 is 2.50 bits per heavy atom. The molecule has 3 aromatic rings. The van der Waals surface area contributed by atoms with Gasteiger partial charge in [-0.3, -0.25) is 14.4 Å². The van der Waals surface area contributed by atoms with Crippen LogP contribution in [0.1, 0.15) is 48.4 Å². The van der Waals surface area contributed by atoms with E-state index in [2.05, 4.69) is 21.2 Å². The van der Waals surface area contributed by atoms with Crippen molar-refractivity contribution in [2.24, 2.45) is 0 Å². The van der Waals surface area contributed by atoms with Crippen LogP contribution in [0.2, 0.25) is 0 Å². The molecule has 10 nitrogen and oxygen atoms in total. The normalized spacial score (nSPS) is 11.3. The third-order valence-corrected chi connectivity index (χ3v) is 6.17. The van der Waals surface area contributed by atoms with Crippen LogP contribution in [0.3, 0.4) is 0 Å². The highest BCUT2D eigenvalue weighted by molar-refractivity contribution is 6.16. The maximum absolute atomic E-state index is 12.9. The van der Waals surface area contributed by atoms with Crippen molar-refractivity contribution in [1.82, 2.24) is 15.3 Å². The summed E-state index contributed by atoms with van der Waals surface area (Å²) in [5.74, 6) is 1.56. The van der Waals surface area contributed by atoms with E-state index in [1.54, 1.807) is 50.2 Å². The van der Waals surface area contributed by atoms with Crippen LogP contribution in [0.4, 0.5) is 5.69 Å². The second-order valence-electron chi connectivity index (χ2n) is 8.73. The molecule has 0 unspecified atom stereocenters. The molecule has 3 rings (SSSR count). The van der Waals surface area contributed by atoms with Gasteiger partial charge < -0.3 is 24.7 Å². The fourth-order valence-corrected chi connectivity index (χ4v) is 4.14. The van der Waals surface area contributed by atoms with Crippen LogP contribution in [0.5, 0.6) is 0 Å². The zero-order chi connectivity index (χ0) is 29.1. The topological polar surface area (TPSA) is 131 Å². The van der Waals surface area contributed by atoms with E-state index in [9.17, 15) is 19.2 Å². The van der Waals surface area contributed by atoms with Crippen LogP contribution >= 0.6 is 11.6 Å². The summed E-state index contributed by atoms with van der Waals surface area (Å²) >= 11 is 5.80. The molecule has 40 heavy (non-hydrogen) atoms. The van der Waals surface area contributed by atoms with Crippen molar-refractivity contribution >= 4 is 46.0 Å². The smallest absolute Gasteiger partial charge is 0.328 e. The van der Waals surface area contributed by atoms with Gasteiger partial charge in [0.15, 0.2) is 0 Å². The summed E-state index contributed by atoms with van der Waals surface area (Å²) in [4.78, 5) is 58.4. The second-order valence-corrected chi connectivity index (χ2v) is 8.99. The molecule has 1 heterocycles. The summed E-state index contributed by atoms with van der Waals surface area (Å²) in [6.07, 6.45) is 5.62. The number of rotatable bonds is 13. The lowest BCUT2D eigenvalue weighted by molar-refractivity contribution is -0.146. The van der Waals surface area contributed by atoms with Crippen LogP contribution in [-0.2, 0) is 31.5 Å². The van der Waals surface area contributed by atoms with E-state index < -0.39 is 23.9 Å². The number of hydrogen-bond acceptors (Lipinski definition) is 8. The van der Waals surface area contributed by atoms with Gasteiger partial charge in [-0.2, -0.15) is 0 Å². The molecule has 0 fully saturated rings. The summed E-state index contributed by atoms with van der Waals surface area (Å²) in [5, 5.41) is 3.09. The Balaban J connectivity index is 1.74. The average molecular weight is 567 g/mol. The Kier molecular flexibility index (Phi) is 11.1. The van der Waals surface area contributed by atoms with Gasteiger partial charge in [0.25, 0.3) is 11.5 Å². The highest BCUT2D eigenvalue weighted by Gasteiger charge is 2.24. The molecule has 1 aromatic heterocycles. The number of fused-ring (bicyclic) bond motifs is 1. The van der Waals surface area contributed by atoms with Crippen LogP contribution < -0.4 is 15.8 Å². The van der Waals surface area contributed by atoms with Gasteiger partial charge in [-0.25, -0.2) is 9.78 Å². The lowest BCUT2D eigenvalue weighted by Crippen LogP contribution is -2.42.